The molecule has 0 radical (unpaired) electrons. The Morgan fingerprint density at radius 1 is 1.43 bits per heavy atom. The Hall–Kier alpha value is -1.60. The highest BCUT2D eigenvalue weighted by atomic mass is 16.6. The zero-order chi connectivity index (χ0) is 15.7. The van der Waals surface area contributed by atoms with E-state index in [0.717, 1.165) is 17.8 Å². The SMILES string of the molecule is C/C=C(\C=[N+](/C)O)C(/N)=N/OCC(O)CN1CCCCC1. The van der Waals surface area contributed by atoms with E-state index in [0.29, 0.717) is 12.1 Å². The fourth-order valence-electron chi connectivity index (χ4n) is 2.23. The maximum Gasteiger partial charge on any atom is 0.225 e. The fourth-order valence-corrected chi connectivity index (χ4v) is 2.23. The van der Waals surface area contributed by atoms with E-state index in [1.165, 1.54) is 32.5 Å². The molecule has 1 unspecified atom stereocenters. The number of piperidine rings is 1. The molecule has 0 aromatic rings. The summed E-state index contributed by atoms with van der Waals surface area (Å²) in [6, 6.07) is 0. The number of oxime groups is 1. The second-order valence-corrected chi connectivity index (χ2v) is 5.23. The van der Waals surface area contributed by atoms with Crippen molar-refractivity contribution in [3.8, 4) is 0 Å². The molecule has 0 amide bonds. The minimum absolute atomic E-state index is 0.100. The molecule has 120 valence electrons. The van der Waals surface area contributed by atoms with Crippen LogP contribution >= 0.6 is 0 Å². The summed E-state index contributed by atoms with van der Waals surface area (Å²) >= 11 is 0. The van der Waals surface area contributed by atoms with Gasteiger partial charge in [0.1, 0.15) is 12.7 Å². The third-order valence-electron chi connectivity index (χ3n) is 3.28. The molecule has 4 N–H and O–H groups in total. The molecular formula is C14H27N4O3+. The van der Waals surface area contributed by atoms with Gasteiger partial charge in [-0.1, -0.05) is 17.7 Å². The van der Waals surface area contributed by atoms with Crippen LogP contribution in [0.2, 0.25) is 0 Å². The zero-order valence-electron chi connectivity index (χ0n) is 12.9. The standard InChI is InChI=1S/C14H27N4O3/c1-3-12(9-17(2)20)14(15)16-21-11-13(19)10-18-7-5-4-6-8-18/h3,9,13,19-20H,4-8,10-11H2,1-2H3,(H2,15,16)/q+1/b12-3+,17-9+. The van der Waals surface area contributed by atoms with Gasteiger partial charge in [0.2, 0.25) is 6.21 Å². The van der Waals surface area contributed by atoms with Gasteiger partial charge in [-0.2, -0.15) is 0 Å². The average Bonchev–Trinajstić information content (AvgIpc) is 2.45. The highest BCUT2D eigenvalue weighted by Crippen LogP contribution is 2.08. The fraction of sp³-hybridized carbons (Fsp3) is 0.714. The minimum atomic E-state index is -0.585. The molecule has 0 aromatic heterocycles. The lowest BCUT2D eigenvalue weighted by atomic mass is 10.1. The summed E-state index contributed by atoms with van der Waals surface area (Å²) in [6.45, 7) is 4.54. The Kier molecular flexibility index (Phi) is 7.78. The lowest BCUT2D eigenvalue weighted by Gasteiger charge is -2.27. The molecule has 0 saturated carbocycles. The monoisotopic (exact) mass is 299 g/mol. The van der Waals surface area contributed by atoms with Gasteiger partial charge >= 0.3 is 0 Å². The van der Waals surface area contributed by atoms with Crippen LogP contribution in [0.3, 0.4) is 0 Å². The van der Waals surface area contributed by atoms with Crippen LogP contribution in [0.5, 0.6) is 0 Å². The Morgan fingerprint density at radius 2 is 2.10 bits per heavy atom. The number of hydroxylamine groups is 1. The van der Waals surface area contributed by atoms with Crippen molar-refractivity contribution in [3.63, 3.8) is 0 Å². The third kappa shape index (κ3) is 7.10. The molecule has 1 heterocycles. The summed E-state index contributed by atoms with van der Waals surface area (Å²) in [6.07, 6.45) is 6.19. The molecule has 0 aromatic carbocycles. The predicted molar refractivity (Wildman–Crippen MR) is 81.7 cm³/mol. The van der Waals surface area contributed by atoms with Crippen LogP contribution in [-0.4, -0.2) is 71.4 Å². The number of allylic oxidation sites excluding steroid dienone is 1. The Morgan fingerprint density at radius 3 is 2.67 bits per heavy atom. The van der Waals surface area contributed by atoms with Crippen molar-refractivity contribution in [2.24, 2.45) is 10.9 Å². The van der Waals surface area contributed by atoms with E-state index in [4.69, 9.17) is 15.8 Å². The predicted octanol–water partition coefficient (Wildman–Crippen LogP) is 0.171. The van der Waals surface area contributed by atoms with Gasteiger partial charge in [-0.05, 0) is 37.6 Å². The number of rotatable bonds is 7. The van der Waals surface area contributed by atoms with E-state index in [-0.39, 0.29) is 12.4 Å². The van der Waals surface area contributed by atoms with Crippen molar-refractivity contribution in [1.82, 2.24) is 4.90 Å². The van der Waals surface area contributed by atoms with Gasteiger partial charge in [-0.25, -0.2) is 0 Å². The van der Waals surface area contributed by atoms with Gasteiger partial charge in [0.15, 0.2) is 12.9 Å². The van der Waals surface area contributed by atoms with E-state index in [2.05, 4.69) is 10.1 Å². The highest BCUT2D eigenvalue weighted by molar-refractivity contribution is 6.12. The first-order valence-corrected chi connectivity index (χ1v) is 7.32. The molecule has 1 aliphatic heterocycles. The molecule has 1 fully saturated rings. The van der Waals surface area contributed by atoms with Crippen LogP contribution in [0, 0.1) is 0 Å². The number of aliphatic hydroxyl groups is 1. The van der Waals surface area contributed by atoms with E-state index in [1.807, 2.05) is 0 Å². The maximum atomic E-state index is 9.91. The largest absolute Gasteiger partial charge is 0.391 e. The van der Waals surface area contributed by atoms with E-state index in [1.54, 1.807) is 13.0 Å². The number of hydrogen-bond donors (Lipinski definition) is 3. The normalized spacial score (nSPS) is 20.4. The van der Waals surface area contributed by atoms with Gasteiger partial charge in [-0.3, -0.25) is 5.21 Å². The molecule has 21 heavy (non-hydrogen) atoms. The Balaban J connectivity index is 2.36. The van der Waals surface area contributed by atoms with Crippen LogP contribution in [0.25, 0.3) is 0 Å². The molecule has 1 atom stereocenters. The van der Waals surface area contributed by atoms with Crippen LogP contribution in [0.15, 0.2) is 16.8 Å². The van der Waals surface area contributed by atoms with E-state index < -0.39 is 6.10 Å². The molecular weight excluding hydrogens is 272 g/mol. The Bertz CT molecular complexity index is 397. The molecule has 0 spiro atoms. The van der Waals surface area contributed by atoms with Crippen LogP contribution in [0.4, 0.5) is 0 Å². The summed E-state index contributed by atoms with van der Waals surface area (Å²) in [7, 11) is 1.47. The topological polar surface area (TPSA) is 94.3 Å². The maximum absolute atomic E-state index is 9.91. The molecule has 1 saturated heterocycles. The van der Waals surface area contributed by atoms with Crippen LogP contribution in [0.1, 0.15) is 26.2 Å². The lowest BCUT2D eigenvalue weighted by Crippen LogP contribution is -2.38. The van der Waals surface area contributed by atoms with Crippen molar-refractivity contribution < 1.29 is 19.9 Å². The van der Waals surface area contributed by atoms with Crippen molar-refractivity contribution >= 4 is 12.1 Å². The summed E-state index contributed by atoms with van der Waals surface area (Å²) < 4.78 is 0.892. The van der Waals surface area contributed by atoms with Crippen LogP contribution < -0.4 is 5.73 Å². The molecule has 0 aliphatic carbocycles. The second-order valence-electron chi connectivity index (χ2n) is 5.23. The number of hydrogen-bond acceptors (Lipinski definition) is 5. The summed E-state index contributed by atoms with van der Waals surface area (Å²) in [5.74, 6) is 0.156. The van der Waals surface area contributed by atoms with Crippen molar-refractivity contribution in [1.29, 1.82) is 0 Å². The number of nitrogens with zero attached hydrogens (tertiary/aromatic N) is 3. The minimum Gasteiger partial charge on any atom is -0.391 e. The lowest BCUT2D eigenvalue weighted by molar-refractivity contribution is -0.750. The zero-order valence-corrected chi connectivity index (χ0v) is 12.9. The quantitative estimate of drug-likeness (QED) is 0.205. The van der Waals surface area contributed by atoms with Gasteiger partial charge in [0, 0.05) is 6.54 Å². The highest BCUT2D eigenvalue weighted by Gasteiger charge is 2.15. The van der Waals surface area contributed by atoms with E-state index >= 15 is 0 Å². The van der Waals surface area contributed by atoms with Crippen molar-refractivity contribution in [2.45, 2.75) is 32.3 Å². The molecule has 7 nitrogen and oxygen atoms in total. The summed E-state index contributed by atoms with van der Waals surface area (Å²) in [4.78, 5) is 7.32. The summed E-state index contributed by atoms with van der Waals surface area (Å²) in [5.41, 5.74) is 6.29. The van der Waals surface area contributed by atoms with Gasteiger partial charge in [0.25, 0.3) is 0 Å². The molecule has 1 aliphatic rings. The number of nitrogens with two attached hydrogens (primary N) is 1. The van der Waals surface area contributed by atoms with Gasteiger partial charge in [0.05, 0.1) is 5.57 Å². The Labute approximate surface area is 125 Å². The van der Waals surface area contributed by atoms with Gasteiger partial charge < -0.3 is 20.6 Å². The molecule has 7 heteroatoms. The smallest absolute Gasteiger partial charge is 0.225 e. The van der Waals surface area contributed by atoms with E-state index in [9.17, 15) is 5.11 Å². The number of likely N-dealkylation sites (tertiary alicyclic amines) is 1. The van der Waals surface area contributed by atoms with Crippen molar-refractivity contribution in [2.75, 3.05) is 33.3 Å². The third-order valence-corrected chi connectivity index (χ3v) is 3.28. The average molecular weight is 299 g/mol. The first kappa shape index (κ1) is 17.5. The molecule has 1 rings (SSSR count). The first-order chi connectivity index (χ1) is 10.0. The molecule has 0 bridgehead atoms. The number of β-amino-alcohol motifs (C(OH)–C–C–N with tert-alkyl or cyclic N) is 1. The number of aliphatic hydroxyl groups excluding tert-OH is 1. The van der Waals surface area contributed by atoms with Crippen molar-refractivity contribution in [3.05, 3.63) is 11.6 Å². The first-order valence-electron chi connectivity index (χ1n) is 7.32. The van der Waals surface area contributed by atoms with Crippen LogP contribution in [-0.2, 0) is 4.84 Å². The van der Waals surface area contributed by atoms with Gasteiger partial charge in [-0.15, -0.1) is 0 Å². The number of amidine groups is 1. The second kappa shape index (κ2) is 9.36. The summed E-state index contributed by atoms with van der Waals surface area (Å²) in [5, 5.41) is 22.8.